The van der Waals surface area contributed by atoms with Gasteiger partial charge in [0.15, 0.2) is 0 Å². The van der Waals surface area contributed by atoms with Crippen molar-refractivity contribution in [2.24, 2.45) is 0 Å². The Kier molecular flexibility index (Phi) is 4.47. The number of nitrogens with zero attached hydrogens (tertiary/aromatic N) is 2. The van der Waals surface area contributed by atoms with Crippen molar-refractivity contribution in [3.63, 3.8) is 0 Å². The molecule has 100 valence electrons. The van der Waals surface area contributed by atoms with Crippen LogP contribution in [0.2, 0.25) is 0 Å². The lowest BCUT2D eigenvalue weighted by Gasteiger charge is -2.18. The lowest BCUT2D eigenvalue weighted by atomic mass is 10.1. The highest BCUT2D eigenvalue weighted by molar-refractivity contribution is 5.33. The molecule has 0 radical (unpaired) electrons. The second-order valence-corrected chi connectivity index (χ2v) is 4.54. The lowest BCUT2D eigenvalue weighted by molar-refractivity contribution is 0.186. The van der Waals surface area contributed by atoms with Crippen molar-refractivity contribution in [2.45, 2.75) is 19.9 Å². The fraction of sp³-hybridized carbons (Fsp3) is 0.333. The Labute approximate surface area is 113 Å². The molecule has 0 amide bonds. The van der Waals surface area contributed by atoms with E-state index in [1.807, 2.05) is 38.1 Å². The fourth-order valence-corrected chi connectivity index (χ4v) is 2.02. The van der Waals surface area contributed by atoms with Gasteiger partial charge in [-0.2, -0.15) is 0 Å². The Balaban J connectivity index is 2.21. The highest BCUT2D eigenvalue weighted by Gasteiger charge is 2.12. The van der Waals surface area contributed by atoms with E-state index in [0.717, 1.165) is 17.0 Å². The van der Waals surface area contributed by atoms with Crippen LogP contribution in [0.5, 0.6) is 0 Å². The Morgan fingerprint density at radius 2 is 1.74 bits per heavy atom. The van der Waals surface area contributed by atoms with E-state index in [-0.39, 0.29) is 6.04 Å². The van der Waals surface area contributed by atoms with Crippen LogP contribution < -0.4 is 5.32 Å². The molecule has 0 saturated carbocycles. The summed E-state index contributed by atoms with van der Waals surface area (Å²) in [5.41, 5.74) is 3.07. The van der Waals surface area contributed by atoms with E-state index >= 15 is 0 Å². The minimum atomic E-state index is 0.0485. The smallest absolute Gasteiger partial charge is 0.223 e. The summed E-state index contributed by atoms with van der Waals surface area (Å²) in [6.07, 6.45) is 0. The van der Waals surface area contributed by atoms with Gasteiger partial charge in [0.25, 0.3) is 0 Å². The number of nitrogens with one attached hydrogen (secondary N) is 1. The average molecular weight is 257 g/mol. The molecule has 1 atom stereocenters. The summed E-state index contributed by atoms with van der Waals surface area (Å²) in [5.74, 6) is 0.642. The molecule has 4 heteroatoms. The number of rotatable bonds is 5. The van der Waals surface area contributed by atoms with E-state index in [1.165, 1.54) is 0 Å². The first kappa shape index (κ1) is 13.5. The minimum Gasteiger partial charge on any atom is -0.382 e. The molecule has 0 fully saturated rings. The van der Waals surface area contributed by atoms with Crippen molar-refractivity contribution in [3.8, 4) is 0 Å². The zero-order chi connectivity index (χ0) is 13.7. The number of ether oxygens (including phenoxy) is 1. The Hall–Kier alpha value is -1.94. The zero-order valence-corrected chi connectivity index (χ0v) is 11.6. The predicted octanol–water partition coefficient (Wildman–Crippen LogP) is 2.89. The van der Waals surface area contributed by atoms with E-state index in [4.69, 9.17) is 4.74 Å². The van der Waals surface area contributed by atoms with Crippen molar-refractivity contribution in [1.29, 1.82) is 0 Å². The number of benzene rings is 1. The molecule has 1 aromatic heterocycles. The topological polar surface area (TPSA) is 47.0 Å². The van der Waals surface area contributed by atoms with Gasteiger partial charge in [-0.05, 0) is 25.5 Å². The van der Waals surface area contributed by atoms with Crippen LogP contribution in [0.1, 0.15) is 23.0 Å². The summed E-state index contributed by atoms with van der Waals surface area (Å²) >= 11 is 0. The maximum absolute atomic E-state index is 5.27. The zero-order valence-electron chi connectivity index (χ0n) is 11.6. The highest BCUT2D eigenvalue weighted by Crippen LogP contribution is 2.18. The summed E-state index contributed by atoms with van der Waals surface area (Å²) < 4.78 is 5.27. The molecule has 0 aliphatic heterocycles. The maximum atomic E-state index is 5.27. The monoisotopic (exact) mass is 257 g/mol. The maximum Gasteiger partial charge on any atom is 0.223 e. The summed E-state index contributed by atoms with van der Waals surface area (Å²) in [4.78, 5) is 8.81. The largest absolute Gasteiger partial charge is 0.382 e. The lowest BCUT2D eigenvalue weighted by Crippen LogP contribution is -2.18. The second-order valence-electron chi connectivity index (χ2n) is 4.54. The van der Waals surface area contributed by atoms with Crippen LogP contribution in [0.3, 0.4) is 0 Å². The molecule has 0 saturated heterocycles. The number of aryl methyl sites for hydroxylation is 2. The molecule has 1 heterocycles. The normalized spacial score (nSPS) is 12.2. The third-order valence-electron chi connectivity index (χ3n) is 2.82. The molecule has 0 aliphatic rings. The Morgan fingerprint density at radius 1 is 1.11 bits per heavy atom. The van der Waals surface area contributed by atoms with Crippen LogP contribution in [0.25, 0.3) is 0 Å². The van der Waals surface area contributed by atoms with Gasteiger partial charge in [0.1, 0.15) is 0 Å². The molecule has 1 N–H and O–H groups in total. The van der Waals surface area contributed by atoms with Gasteiger partial charge >= 0.3 is 0 Å². The quantitative estimate of drug-likeness (QED) is 0.894. The van der Waals surface area contributed by atoms with Crippen LogP contribution in [0, 0.1) is 13.8 Å². The third kappa shape index (κ3) is 3.76. The number of anilines is 1. The van der Waals surface area contributed by atoms with Crippen molar-refractivity contribution in [3.05, 3.63) is 53.3 Å². The van der Waals surface area contributed by atoms with Gasteiger partial charge < -0.3 is 10.1 Å². The predicted molar refractivity (Wildman–Crippen MR) is 76.2 cm³/mol. The number of hydrogen-bond donors (Lipinski definition) is 1. The molecule has 0 spiro atoms. The van der Waals surface area contributed by atoms with E-state index in [1.54, 1.807) is 7.11 Å². The van der Waals surface area contributed by atoms with Gasteiger partial charge in [0.2, 0.25) is 5.95 Å². The van der Waals surface area contributed by atoms with Crippen LogP contribution >= 0.6 is 0 Å². The molecule has 0 aliphatic carbocycles. The van der Waals surface area contributed by atoms with Crippen molar-refractivity contribution < 1.29 is 4.74 Å². The van der Waals surface area contributed by atoms with Gasteiger partial charge in [0, 0.05) is 18.5 Å². The third-order valence-corrected chi connectivity index (χ3v) is 2.82. The van der Waals surface area contributed by atoms with Gasteiger partial charge in [-0.1, -0.05) is 30.3 Å². The summed E-state index contributed by atoms with van der Waals surface area (Å²) in [6, 6.07) is 12.2. The first-order valence-electron chi connectivity index (χ1n) is 6.31. The standard InChI is InChI=1S/C15H19N3O/c1-11-9-12(2)17-15(16-11)18-14(10-19-3)13-7-5-4-6-8-13/h4-9,14H,10H2,1-3H3,(H,16,17,18). The molecule has 4 nitrogen and oxygen atoms in total. The molecule has 19 heavy (non-hydrogen) atoms. The summed E-state index contributed by atoms with van der Waals surface area (Å²) in [6.45, 7) is 4.50. The Morgan fingerprint density at radius 3 is 2.32 bits per heavy atom. The SMILES string of the molecule is COCC(Nc1nc(C)cc(C)n1)c1ccccc1. The van der Waals surface area contributed by atoms with Crippen LogP contribution in [-0.2, 0) is 4.74 Å². The molecular formula is C15H19N3O. The summed E-state index contributed by atoms with van der Waals surface area (Å²) in [5, 5.41) is 3.33. The van der Waals surface area contributed by atoms with E-state index in [9.17, 15) is 0 Å². The van der Waals surface area contributed by atoms with E-state index in [0.29, 0.717) is 12.6 Å². The minimum absolute atomic E-state index is 0.0485. The second kappa shape index (κ2) is 6.29. The molecular weight excluding hydrogens is 238 g/mol. The van der Waals surface area contributed by atoms with Crippen LogP contribution in [0.15, 0.2) is 36.4 Å². The first-order chi connectivity index (χ1) is 9.19. The van der Waals surface area contributed by atoms with Gasteiger partial charge in [-0.15, -0.1) is 0 Å². The van der Waals surface area contributed by atoms with Crippen molar-refractivity contribution in [2.75, 3.05) is 19.0 Å². The molecule has 1 unspecified atom stereocenters. The highest BCUT2D eigenvalue weighted by atomic mass is 16.5. The van der Waals surface area contributed by atoms with Gasteiger partial charge in [-0.25, -0.2) is 9.97 Å². The summed E-state index contributed by atoms with van der Waals surface area (Å²) in [7, 11) is 1.69. The van der Waals surface area contributed by atoms with Crippen molar-refractivity contribution in [1.82, 2.24) is 9.97 Å². The molecule has 1 aromatic carbocycles. The van der Waals surface area contributed by atoms with Crippen LogP contribution in [0.4, 0.5) is 5.95 Å². The first-order valence-corrected chi connectivity index (χ1v) is 6.31. The Bertz CT molecular complexity index is 508. The van der Waals surface area contributed by atoms with Crippen molar-refractivity contribution >= 4 is 5.95 Å². The molecule has 2 aromatic rings. The molecule has 0 bridgehead atoms. The van der Waals surface area contributed by atoms with E-state index in [2.05, 4.69) is 27.4 Å². The number of hydrogen-bond acceptors (Lipinski definition) is 4. The van der Waals surface area contributed by atoms with Gasteiger partial charge in [-0.3, -0.25) is 0 Å². The molecule has 2 rings (SSSR count). The van der Waals surface area contributed by atoms with Gasteiger partial charge in [0.05, 0.1) is 12.6 Å². The number of aromatic nitrogens is 2. The fourth-order valence-electron chi connectivity index (χ4n) is 2.02. The van der Waals surface area contributed by atoms with Crippen LogP contribution in [-0.4, -0.2) is 23.7 Å². The van der Waals surface area contributed by atoms with E-state index < -0.39 is 0 Å². The average Bonchev–Trinajstić information content (AvgIpc) is 2.38. The number of methoxy groups -OCH3 is 1.